The van der Waals surface area contributed by atoms with Gasteiger partial charge in [0, 0.05) is 41.5 Å². The summed E-state index contributed by atoms with van der Waals surface area (Å²) >= 11 is 0. The van der Waals surface area contributed by atoms with Crippen molar-refractivity contribution in [3.63, 3.8) is 0 Å². The first-order chi connectivity index (χ1) is 4.16. The predicted octanol–water partition coefficient (Wildman–Crippen LogP) is 2.69. The minimum absolute atomic E-state index is 0. The summed E-state index contributed by atoms with van der Waals surface area (Å²) in [5, 5.41) is 0. The van der Waals surface area contributed by atoms with E-state index in [1.54, 1.807) is 0 Å². The van der Waals surface area contributed by atoms with Gasteiger partial charge in [-0.1, -0.05) is 13.1 Å². The van der Waals surface area contributed by atoms with Gasteiger partial charge >= 0.3 is 0 Å². The molecule has 0 unspecified atom stereocenters. The van der Waals surface area contributed by atoms with Crippen molar-refractivity contribution in [2.24, 2.45) is 0 Å². The Hall–Kier alpha value is 1.25. The molecule has 58 valence electrons. The summed E-state index contributed by atoms with van der Waals surface area (Å²) in [6.45, 7) is 6.39. The van der Waals surface area contributed by atoms with Crippen LogP contribution in [-0.4, -0.2) is 15.5 Å². The van der Waals surface area contributed by atoms with Gasteiger partial charge in [0.15, 0.2) is 0 Å². The summed E-state index contributed by atoms with van der Waals surface area (Å²) in [6, 6.07) is 1.18. The molecule has 0 aliphatic carbocycles. The van der Waals surface area contributed by atoms with Gasteiger partial charge in [0.1, 0.15) is 0 Å². The van der Waals surface area contributed by atoms with Crippen LogP contribution in [0.3, 0.4) is 0 Å². The summed E-state index contributed by atoms with van der Waals surface area (Å²) in [7, 11) is -0.159. The molecule has 0 rings (SSSR count). The molecule has 0 N–H and O–H groups in total. The van der Waals surface area contributed by atoms with Crippen LogP contribution in [0.25, 0.3) is 0 Å². The summed E-state index contributed by atoms with van der Waals surface area (Å²) < 4.78 is 11.7. The van der Waals surface area contributed by atoms with Crippen molar-refractivity contribution in [3.8, 4) is 0 Å². The second-order valence-electron chi connectivity index (χ2n) is 2.78. The number of hydrogen-bond donors (Lipinski definition) is 0. The molecular formula is C7H15FSiY-. The first kappa shape index (κ1) is 13.8. The van der Waals surface area contributed by atoms with E-state index in [2.05, 4.69) is 20.0 Å². The summed E-state index contributed by atoms with van der Waals surface area (Å²) in [4.78, 5) is 0. The largest absolute Gasteiger partial charge is 0.317 e. The van der Waals surface area contributed by atoms with Crippen molar-refractivity contribution in [2.75, 3.05) is 6.67 Å². The van der Waals surface area contributed by atoms with Crippen LogP contribution in [0.5, 0.6) is 0 Å². The van der Waals surface area contributed by atoms with Crippen molar-refractivity contribution < 1.29 is 37.1 Å². The van der Waals surface area contributed by atoms with Gasteiger partial charge in [-0.25, -0.2) is 0 Å². The molecule has 0 bridgehead atoms. The molecule has 0 nitrogen and oxygen atoms in total. The van der Waals surface area contributed by atoms with E-state index in [1.807, 2.05) is 0 Å². The molecule has 0 saturated heterocycles. The van der Waals surface area contributed by atoms with Crippen molar-refractivity contribution in [1.29, 1.82) is 0 Å². The molecule has 0 spiro atoms. The van der Waals surface area contributed by atoms with E-state index < -0.39 is 0 Å². The van der Waals surface area contributed by atoms with Crippen LogP contribution in [0, 0.1) is 5.92 Å². The van der Waals surface area contributed by atoms with Gasteiger partial charge in [0.2, 0.25) is 0 Å². The number of alkyl halides is 1. The van der Waals surface area contributed by atoms with E-state index in [0.29, 0.717) is 6.42 Å². The van der Waals surface area contributed by atoms with Gasteiger partial charge in [0.25, 0.3) is 0 Å². The van der Waals surface area contributed by atoms with Gasteiger partial charge < -0.3 is 5.92 Å². The molecule has 0 aromatic heterocycles. The molecule has 10 heavy (non-hydrogen) atoms. The maximum Gasteiger partial charge on any atom is 0.0628 e. The van der Waals surface area contributed by atoms with Crippen molar-refractivity contribution >= 4 is 8.80 Å². The zero-order valence-corrected chi connectivity index (χ0v) is 10.9. The summed E-state index contributed by atoms with van der Waals surface area (Å²) in [5.74, 6) is 1.33. The Kier molecular flexibility index (Phi) is 11.5. The maximum absolute atomic E-state index is 11.7. The molecule has 0 heterocycles. The molecule has 0 amide bonds. The fourth-order valence-corrected chi connectivity index (χ4v) is 2.24. The van der Waals surface area contributed by atoms with E-state index in [1.165, 1.54) is 12.0 Å². The minimum atomic E-state index is -0.180. The van der Waals surface area contributed by atoms with Crippen LogP contribution in [0.2, 0.25) is 19.1 Å². The van der Waals surface area contributed by atoms with Crippen LogP contribution in [0.15, 0.2) is 0 Å². The Morgan fingerprint density at radius 1 is 1.40 bits per heavy atom. The molecule has 2 radical (unpaired) electrons. The van der Waals surface area contributed by atoms with Gasteiger partial charge in [-0.15, -0.1) is 6.42 Å². The maximum atomic E-state index is 11.7. The standard InChI is InChI=1S/C7H15FSi.Y/c1-7(4-5-8)6-9(2)3;/h4-6H2,1-3H3;/q-1;. The van der Waals surface area contributed by atoms with E-state index in [-0.39, 0.29) is 48.2 Å². The monoisotopic (exact) mass is 235 g/mol. The Bertz CT molecular complexity index is 68.6. The van der Waals surface area contributed by atoms with Gasteiger partial charge in [-0.2, -0.15) is 13.0 Å². The third kappa shape index (κ3) is 9.25. The molecule has 0 aliphatic rings. The Balaban J connectivity index is 0. The van der Waals surface area contributed by atoms with Gasteiger partial charge in [-0.05, 0) is 0 Å². The Morgan fingerprint density at radius 3 is 2.20 bits per heavy atom. The van der Waals surface area contributed by atoms with Crippen molar-refractivity contribution in [2.45, 2.75) is 32.5 Å². The average molecular weight is 235 g/mol. The number of rotatable bonds is 4. The van der Waals surface area contributed by atoms with Crippen LogP contribution >= 0.6 is 0 Å². The zero-order valence-electron chi connectivity index (χ0n) is 7.08. The average Bonchev–Trinajstić information content (AvgIpc) is 1.63. The SMILES string of the molecule is C[C-](CCF)C[Si](C)C.[Y]. The van der Waals surface area contributed by atoms with E-state index >= 15 is 0 Å². The molecule has 0 fully saturated rings. The zero-order chi connectivity index (χ0) is 7.28. The van der Waals surface area contributed by atoms with E-state index in [0.717, 1.165) is 0 Å². The second-order valence-corrected chi connectivity index (χ2v) is 5.55. The first-order valence-electron chi connectivity index (χ1n) is 3.33. The number of hydrogen-bond acceptors (Lipinski definition) is 0. The van der Waals surface area contributed by atoms with Crippen LogP contribution in [0.1, 0.15) is 13.3 Å². The summed E-state index contributed by atoms with van der Waals surface area (Å²) in [5.41, 5.74) is 0. The van der Waals surface area contributed by atoms with Crippen LogP contribution in [0.4, 0.5) is 4.39 Å². The van der Waals surface area contributed by atoms with Gasteiger partial charge in [0.05, 0.1) is 6.67 Å². The smallest absolute Gasteiger partial charge is 0.0628 e. The van der Waals surface area contributed by atoms with Crippen molar-refractivity contribution in [1.82, 2.24) is 0 Å². The molecule has 0 aromatic rings. The molecule has 0 saturated carbocycles. The van der Waals surface area contributed by atoms with E-state index in [4.69, 9.17) is 0 Å². The fraction of sp³-hybridized carbons (Fsp3) is 0.857. The molecular weight excluding hydrogens is 220 g/mol. The van der Waals surface area contributed by atoms with Crippen LogP contribution < -0.4 is 0 Å². The molecule has 0 aromatic carbocycles. The normalized spacial score (nSPS) is 10.2. The quantitative estimate of drug-likeness (QED) is 0.519. The molecule has 3 heteroatoms. The van der Waals surface area contributed by atoms with Gasteiger partial charge in [-0.3, -0.25) is 4.39 Å². The number of halogens is 1. The second kappa shape index (κ2) is 8.35. The first-order valence-corrected chi connectivity index (χ1v) is 6.04. The van der Waals surface area contributed by atoms with Crippen LogP contribution in [-0.2, 0) is 32.7 Å². The minimum Gasteiger partial charge on any atom is -0.317 e. The summed E-state index contributed by atoms with van der Waals surface area (Å²) in [6.07, 6.45) is 0.676. The molecule has 0 aliphatic heterocycles. The van der Waals surface area contributed by atoms with E-state index in [9.17, 15) is 4.39 Å². The molecule has 0 atom stereocenters. The Labute approximate surface area is 90.5 Å². The predicted molar refractivity (Wildman–Crippen MR) is 41.8 cm³/mol. The van der Waals surface area contributed by atoms with Crippen molar-refractivity contribution in [3.05, 3.63) is 5.92 Å². The third-order valence-corrected chi connectivity index (χ3v) is 2.49. The third-order valence-electron chi connectivity index (χ3n) is 1.18. The fourth-order valence-electron chi connectivity index (χ4n) is 0.853. The Morgan fingerprint density at radius 2 is 1.90 bits per heavy atom. The topological polar surface area (TPSA) is 0 Å².